The van der Waals surface area contributed by atoms with Gasteiger partial charge >= 0.3 is 0 Å². The Morgan fingerprint density at radius 1 is 1.14 bits per heavy atom. The van der Waals surface area contributed by atoms with Crippen molar-refractivity contribution in [3.63, 3.8) is 0 Å². The van der Waals surface area contributed by atoms with Crippen molar-refractivity contribution in [3.8, 4) is 0 Å². The topological polar surface area (TPSA) is 79.5 Å². The summed E-state index contributed by atoms with van der Waals surface area (Å²) in [6, 6.07) is -0.0464. The zero-order valence-electron chi connectivity index (χ0n) is 13.1. The lowest BCUT2D eigenvalue weighted by Crippen LogP contribution is -2.40. The molecule has 1 heterocycles. The van der Waals surface area contributed by atoms with Gasteiger partial charge in [-0.1, -0.05) is 13.8 Å². The third-order valence-corrected chi connectivity index (χ3v) is 5.97. The van der Waals surface area contributed by atoms with Crippen LogP contribution >= 0.6 is 0 Å². The maximum absolute atomic E-state index is 12.6. The highest BCUT2D eigenvalue weighted by Crippen LogP contribution is 2.31. The van der Waals surface area contributed by atoms with Crippen LogP contribution in [0.2, 0.25) is 0 Å². The molecule has 0 radical (unpaired) electrons. The molecule has 1 aliphatic rings. The monoisotopic (exact) mass is 315 g/mol. The first-order valence-electron chi connectivity index (χ1n) is 7.46. The van der Waals surface area contributed by atoms with E-state index in [2.05, 4.69) is 18.6 Å². The van der Waals surface area contributed by atoms with Gasteiger partial charge in [0.2, 0.25) is 10.0 Å². The van der Waals surface area contributed by atoms with E-state index < -0.39 is 10.0 Å². The number of aliphatic hydroxyl groups is 1. The molecule has 0 amide bonds. The molecule has 5 nitrogen and oxygen atoms in total. The van der Waals surface area contributed by atoms with Crippen LogP contribution in [0.15, 0.2) is 9.31 Å². The number of furan rings is 1. The van der Waals surface area contributed by atoms with Gasteiger partial charge in [0.15, 0.2) is 0 Å². The first-order valence-corrected chi connectivity index (χ1v) is 8.95. The van der Waals surface area contributed by atoms with E-state index in [1.807, 2.05) is 0 Å². The zero-order valence-corrected chi connectivity index (χ0v) is 14.0. The molecule has 0 saturated heterocycles. The van der Waals surface area contributed by atoms with Gasteiger partial charge in [-0.15, -0.1) is 0 Å². The Morgan fingerprint density at radius 2 is 1.71 bits per heavy atom. The minimum atomic E-state index is -3.66. The highest BCUT2D eigenvalue weighted by molar-refractivity contribution is 7.89. The molecule has 0 spiro atoms. The molecule has 2 atom stereocenters. The average molecular weight is 315 g/mol. The number of nitrogens with one attached hydrogen (secondary N) is 1. The molecule has 2 unspecified atom stereocenters. The summed E-state index contributed by atoms with van der Waals surface area (Å²) in [5, 5.41) is 9.41. The molecule has 120 valence electrons. The summed E-state index contributed by atoms with van der Waals surface area (Å²) in [5.74, 6) is 1.83. The van der Waals surface area contributed by atoms with Crippen LogP contribution in [-0.2, 0) is 16.6 Å². The van der Waals surface area contributed by atoms with Gasteiger partial charge in [0.1, 0.15) is 16.4 Å². The van der Waals surface area contributed by atoms with Crippen molar-refractivity contribution in [3.05, 3.63) is 17.1 Å². The maximum atomic E-state index is 12.6. The normalized spacial score (nSPS) is 27.0. The predicted octanol–water partition coefficient (Wildman–Crippen LogP) is 2.49. The van der Waals surface area contributed by atoms with Gasteiger partial charge in [-0.25, -0.2) is 13.1 Å². The van der Waals surface area contributed by atoms with E-state index >= 15 is 0 Å². The molecule has 0 aromatic carbocycles. The van der Waals surface area contributed by atoms with Gasteiger partial charge in [-0.2, -0.15) is 0 Å². The van der Waals surface area contributed by atoms with Gasteiger partial charge in [0.05, 0.1) is 6.61 Å². The van der Waals surface area contributed by atoms with Crippen molar-refractivity contribution in [1.29, 1.82) is 0 Å². The standard InChI is InChI=1S/C15H25NO4S/c1-9-5-10(2)7-13(6-9)16-21(18,19)15-12(4)20-11(3)14(15)8-17/h9-10,13,16-17H,5-8H2,1-4H3. The Bertz CT molecular complexity index is 595. The van der Waals surface area contributed by atoms with Crippen molar-refractivity contribution in [2.24, 2.45) is 11.8 Å². The van der Waals surface area contributed by atoms with E-state index in [0.717, 1.165) is 19.3 Å². The highest BCUT2D eigenvalue weighted by Gasteiger charge is 2.32. The first-order chi connectivity index (χ1) is 9.74. The molecule has 2 N–H and O–H groups in total. The number of aryl methyl sites for hydroxylation is 2. The lowest BCUT2D eigenvalue weighted by atomic mass is 9.81. The average Bonchev–Trinajstić information content (AvgIpc) is 2.61. The van der Waals surface area contributed by atoms with E-state index in [-0.39, 0.29) is 17.5 Å². The summed E-state index contributed by atoms with van der Waals surface area (Å²) < 4.78 is 33.5. The molecular formula is C15H25NO4S. The third-order valence-electron chi connectivity index (χ3n) is 4.25. The number of hydrogen-bond acceptors (Lipinski definition) is 4. The van der Waals surface area contributed by atoms with Crippen LogP contribution in [0.4, 0.5) is 0 Å². The molecule has 1 aromatic rings. The van der Waals surface area contributed by atoms with Gasteiger partial charge < -0.3 is 9.52 Å². The molecule has 1 fully saturated rings. The quantitative estimate of drug-likeness (QED) is 0.894. The van der Waals surface area contributed by atoms with Crippen LogP contribution < -0.4 is 4.72 Å². The van der Waals surface area contributed by atoms with Crippen LogP contribution in [0.3, 0.4) is 0 Å². The molecule has 0 aliphatic heterocycles. The van der Waals surface area contributed by atoms with Crippen LogP contribution in [0.25, 0.3) is 0 Å². The molecular weight excluding hydrogens is 290 g/mol. The molecule has 1 aromatic heterocycles. The first kappa shape index (κ1) is 16.5. The smallest absolute Gasteiger partial charge is 0.244 e. The summed E-state index contributed by atoms with van der Waals surface area (Å²) in [5.41, 5.74) is 0.358. The van der Waals surface area contributed by atoms with Crippen LogP contribution in [-0.4, -0.2) is 19.6 Å². The van der Waals surface area contributed by atoms with Crippen LogP contribution in [0.1, 0.15) is 50.2 Å². The second kappa shape index (κ2) is 6.10. The van der Waals surface area contributed by atoms with Gasteiger partial charge in [-0.05, 0) is 44.9 Å². The summed E-state index contributed by atoms with van der Waals surface area (Å²) in [6.45, 7) is 7.26. The Balaban J connectivity index is 2.27. The lowest BCUT2D eigenvalue weighted by molar-refractivity contribution is 0.257. The Hall–Kier alpha value is -0.850. The number of hydrogen-bond donors (Lipinski definition) is 2. The van der Waals surface area contributed by atoms with E-state index in [1.54, 1.807) is 13.8 Å². The lowest BCUT2D eigenvalue weighted by Gasteiger charge is -2.31. The fourth-order valence-corrected chi connectivity index (χ4v) is 5.27. The van der Waals surface area contributed by atoms with Gasteiger partial charge in [0, 0.05) is 11.6 Å². The van der Waals surface area contributed by atoms with Crippen molar-refractivity contribution < 1.29 is 17.9 Å². The largest absolute Gasteiger partial charge is 0.465 e. The Morgan fingerprint density at radius 3 is 2.24 bits per heavy atom. The zero-order chi connectivity index (χ0) is 15.8. The second-order valence-corrected chi connectivity index (χ2v) is 8.07. The number of rotatable bonds is 4. The molecule has 21 heavy (non-hydrogen) atoms. The molecule has 0 bridgehead atoms. The van der Waals surface area contributed by atoms with Gasteiger partial charge in [0.25, 0.3) is 0 Å². The maximum Gasteiger partial charge on any atom is 0.244 e. The Kier molecular flexibility index (Phi) is 4.80. The fraction of sp³-hybridized carbons (Fsp3) is 0.733. The van der Waals surface area contributed by atoms with E-state index in [9.17, 15) is 13.5 Å². The van der Waals surface area contributed by atoms with Crippen molar-refractivity contribution in [1.82, 2.24) is 4.72 Å². The molecule has 2 rings (SSSR count). The Labute approximate surface area is 126 Å². The predicted molar refractivity (Wildman–Crippen MR) is 80.4 cm³/mol. The van der Waals surface area contributed by atoms with E-state index in [4.69, 9.17) is 4.42 Å². The second-order valence-electron chi connectivity index (χ2n) is 6.42. The summed E-state index contributed by atoms with van der Waals surface area (Å²) in [4.78, 5) is 0.105. The van der Waals surface area contributed by atoms with Crippen molar-refractivity contribution in [2.75, 3.05) is 0 Å². The molecule has 1 aliphatic carbocycles. The summed E-state index contributed by atoms with van der Waals surface area (Å²) >= 11 is 0. The van der Waals surface area contributed by atoms with E-state index in [0.29, 0.717) is 28.9 Å². The summed E-state index contributed by atoms with van der Waals surface area (Å²) in [7, 11) is -3.66. The molecule has 6 heteroatoms. The van der Waals surface area contributed by atoms with Crippen molar-refractivity contribution >= 4 is 10.0 Å². The van der Waals surface area contributed by atoms with Crippen LogP contribution in [0.5, 0.6) is 0 Å². The minimum Gasteiger partial charge on any atom is -0.465 e. The fourth-order valence-electron chi connectivity index (χ4n) is 3.57. The minimum absolute atomic E-state index is 0.0464. The number of sulfonamides is 1. The number of aliphatic hydroxyl groups excluding tert-OH is 1. The SMILES string of the molecule is Cc1oc(C)c(S(=O)(=O)NC2CC(C)CC(C)C2)c1CO. The van der Waals surface area contributed by atoms with E-state index in [1.165, 1.54) is 0 Å². The van der Waals surface area contributed by atoms with Crippen molar-refractivity contribution in [2.45, 2.75) is 64.5 Å². The van der Waals surface area contributed by atoms with Gasteiger partial charge in [-0.3, -0.25) is 0 Å². The summed E-state index contributed by atoms with van der Waals surface area (Å²) in [6.07, 6.45) is 2.85. The third kappa shape index (κ3) is 3.49. The van der Waals surface area contributed by atoms with Crippen LogP contribution in [0, 0.1) is 25.7 Å². The molecule has 1 saturated carbocycles. The highest BCUT2D eigenvalue weighted by atomic mass is 32.2.